The number of benzene rings is 5. The molecule has 0 amide bonds. The van der Waals surface area contributed by atoms with Gasteiger partial charge < -0.3 is 0 Å². The fraction of sp³-hybridized carbons (Fsp3) is 0.0345. The van der Waals surface area contributed by atoms with Gasteiger partial charge in [-0.05, 0) is 61.3 Å². The van der Waals surface area contributed by atoms with Crippen LogP contribution in [0.2, 0.25) is 5.02 Å². The lowest BCUT2D eigenvalue weighted by Gasteiger charge is -2.32. The predicted molar refractivity (Wildman–Crippen MR) is 125 cm³/mol. The minimum Gasteiger partial charge on any atom is -0.0840 e. The summed E-state index contributed by atoms with van der Waals surface area (Å²) < 4.78 is 0. The van der Waals surface area contributed by atoms with E-state index in [0.717, 1.165) is 5.02 Å². The van der Waals surface area contributed by atoms with E-state index in [1.54, 1.807) is 0 Å². The molecule has 2 aliphatic carbocycles. The van der Waals surface area contributed by atoms with Crippen LogP contribution in [0.15, 0.2) is 103 Å². The highest BCUT2D eigenvalue weighted by Crippen LogP contribution is 2.65. The monoisotopic (exact) mass is 400 g/mol. The van der Waals surface area contributed by atoms with Crippen LogP contribution < -0.4 is 0 Å². The van der Waals surface area contributed by atoms with E-state index in [1.807, 2.05) is 6.07 Å². The van der Waals surface area contributed by atoms with Crippen molar-refractivity contribution in [1.82, 2.24) is 0 Å². The highest BCUT2D eigenvalue weighted by Gasteiger charge is 2.53. The van der Waals surface area contributed by atoms with E-state index in [2.05, 4.69) is 97.1 Å². The molecular weight excluding hydrogens is 384 g/mol. The van der Waals surface area contributed by atoms with Crippen molar-refractivity contribution in [2.24, 2.45) is 0 Å². The van der Waals surface area contributed by atoms with E-state index in [1.165, 1.54) is 55.3 Å². The zero-order chi connectivity index (χ0) is 19.9. The number of hydrogen-bond donors (Lipinski definition) is 0. The van der Waals surface area contributed by atoms with Gasteiger partial charge in [0.2, 0.25) is 0 Å². The first kappa shape index (κ1) is 16.4. The van der Waals surface area contributed by atoms with Crippen LogP contribution in [0.25, 0.3) is 33.0 Å². The van der Waals surface area contributed by atoms with Crippen molar-refractivity contribution >= 4 is 22.4 Å². The second-order valence-corrected chi connectivity index (χ2v) is 8.62. The molecule has 30 heavy (non-hydrogen) atoms. The van der Waals surface area contributed by atoms with Crippen molar-refractivity contribution in [2.45, 2.75) is 5.41 Å². The molecule has 0 heterocycles. The predicted octanol–water partition coefficient (Wildman–Crippen LogP) is 7.84. The fourth-order valence-corrected chi connectivity index (χ4v) is 6.24. The molecule has 0 aromatic heterocycles. The molecule has 1 heteroatoms. The van der Waals surface area contributed by atoms with E-state index in [9.17, 15) is 0 Å². The summed E-state index contributed by atoms with van der Waals surface area (Å²) in [5.74, 6) is 0. The smallest absolute Gasteiger partial charge is 0.0746 e. The average Bonchev–Trinajstić information content (AvgIpc) is 3.27. The summed E-state index contributed by atoms with van der Waals surface area (Å²) >= 11 is 7.01. The average molecular weight is 401 g/mol. The summed E-state index contributed by atoms with van der Waals surface area (Å²) in [7, 11) is 0. The van der Waals surface area contributed by atoms with Crippen LogP contribution in [0.4, 0.5) is 0 Å². The zero-order valence-corrected chi connectivity index (χ0v) is 16.9. The largest absolute Gasteiger partial charge is 0.0840 e. The van der Waals surface area contributed by atoms with Crippen LogP contribution in [0, 0.1) is 0 Å². The van der Waals surface area contributed by atoms with Gasteiger partial charge in [-0.15, -0.1) is 0 Å². The molecule has 0 atom stereocenters. The van der Waals surface area contributed by atoms with Gasteiger partial charge >= 0.3 is 0 Å². The minimum absolute atomic E-state index is 0.392. The molecule has 0 bridgehead atoms. The third-order valence-corrected chi connectivity index (χ3v) is 7.25. The molecular formula is C29H17Cl. The van der Waals surface area contributed by atoms with Gasteiger partial charge in [0.1, 0.15) is 0 Å². The van der Waals surface area contributed by atoms with Crippen molar-refractivity contribution in [3.8, 4) is 22.3 Å². The van der Waals surface area contributed by atoms with Gasteiger partial charge in [0, 0.05) is 5.02 Å². The Bertz CT molecular complexity index is 1460. The van der Waals surface area contributed by atoms with E-state index in [-0.39, 0.29) is 0 Å². The Hall–Kier alpha value is -3.35. The maximum absolute atomic E-state index is 7.01. The van der Waals surface area contributed by atoms with E-state index >= 15 is 0 Å². The lowest BCUT2D eigenvalue weighted by Crippen LogP contribution is -2.26. The van der Waals surface area contributed by atoms with E-state index in [0.29, 0.717) is 0 Å². The fourth-order valence-electron chi connectivity index (χ4n) is 5.93. The molecule has 0 unspecified atom stereocenters. The van der Waals surface area contributed by atoms with Crippen molar-refractivity contribution in [3.63, 3.8) is 0 Å². The van der Waals surface area contributed by atoms with Gasteiger partial charge in [-0.3, -0.25) is 0 Å². The summed E-state index contributed by atoms with van der Waals surface area (Å²) in [6, 6.07) is 37.3. The van der Waals surface area contributed by atoms with Gasteiger partial charge in [0.05, 0.1) is 5.41 Å². The highest BCUT2D eigenvalue weighted by atomic mass is 35.5. The standard InChI is InChI=1S/C29H17Cl/c30-26-15-7-12-22-23-17-16-18-8-1-2-9-19(18)27(23)29(28(22)26)24-13-5-3-10-20(24)21-11-4-6-14-25(21)29/h1-17H. The summed E-state index contributed by atoms with van der Waals surface area (Å²) in [6.07, 6.45) is 0. The number of rotatable bonds is 0. The van der Waals surface area contributed by atoms with Crippen LogP contribution in [0.5, 0.6) is 0 Å². The van der Waals surface area contributed by atoms with Gasteiger partial charge in [0.25, 0.3) is 0 Å². The first-order chi connectivity index (χ1) is 14.8. The third kappa shape index (κ3) is 1.75. The Balaban J connectivity index is 1.80. The maximum atomic E-state index is 7.01. The van der Waals surface area contributed by atoms with E-state index < -0.39 is 5.41 Å². The molecule has 1 spiro atoms. The van der Waals surface area contributed by atoms with Crippen molar-refractivity contribution in [2.75, 3.05) is 0 Å². The lowest BCUT2D eigenvalue weighted by molar-refractivity contribution is 0.801. The summed E-state index contributed by atoms with van der Waals surface area (Å²) in [5, 5.41) is 3.40. The Morgan fingerprint density at radius 1 is 0.467 bits per heavy atom. The lowest BCUT2D eigenvalue weighted by atomic mass is 9.69. The molecule has 7 rings (SSSR count). The maximum Gasteiger partial charge on any atom is 0.0746 e. The quantitative estimate of drug-likeness (QED) is 0.243. The molecule has 5 aromatic rings. The Morgan fingerprint density at radius 2 is 1.07 bits per heavy atom. The minimum atomic E-state index is -0.392. The number of halogens is 1. The molecule has 0 fully saturated rings. The van der Waals surface area contributed by atoms with Crippen LogP contribution >= 0.6 is 11.6 Å². The zero-order valence-electron chi connectivity index (χ0n) is 16.2. The summed E-state index contributed by atoms with van der Waals surface area (Å²) in [5.41, 5.74) is 9.99. The SMILES string of the molecule is Clc1cccc2c1C1(c3ccccc3-c3ccccc31)c1c-2ccc2ccccc12. The number of fused-ring (bicyclic) bond motifs is 12. The Labute approximate surface area is 180 Å². The van der Waals surface area contributed by atoms with Gasteiger partial charge in [-0.1, -0.05) is 109 Å². The first-order valence-corrected chi connectivity index (χ1v) is 10.7. The normalized spacial score (nSPS) is 14.4. The number of hydrogen-bond acceptors (Lipinski definition) is 0. The van der Waals surface area contributed by atoms with Crippen LogP contribution in [0.1, 0.15) is 22.3 Å². The Morgan fingerprint density at radius 3 is 1.83 bits per heavy atom. The van der Waals surface area contributed by atoms with E-state index in [4.69, 9.17) is 11.6 Å². The molecule has 140 valence electrons. The molecule has 0 nitrogen and oxygen atoms in total. The second kappa shape index (κ2) is 5.62. The summed E-state index contributed by atoms with van der Waals surface area (Å²) in [4.78, 5) is 0. The summed E-state index contributed by atoms with van der Waals surface area (Å²) in [6.45, 7) is 0. The van der Waals surface area contributed by atoms with Gasteiger partial charge in [-0.25, -0.2) is 0 Å². The van der Waals surface area contributed by atoms with Crippen LogP contribution in [-0.2, 0) is 5.41 Å². The molecule has 0 saturated heterocycles. The topological polar surface area (TPSA) is 0 Å². The molecule has 0 saturated carbocycles. The molecule has 0 radical (unpaired) electrons. The van der Waals surface area contributed by atoms with Gasteiger partial charge in [0.15, 0.2) is 0 Å². The Kier molecular flexibility index (Phi) is 3.08. The van der Waals surface area contributed by atoms with Crippen molar-refractivity contribution in [3.05, 3.63) is 130 Å². The van der Waals surface area contributed by atoms with Gasteiger partial charge in [-0.2, -0.15) is 0 Å². The first-order valence-electron chi connectivity index (χ1n) is 10.3. The third-order valence-electron chi connectivity index (χ3n) is 6.94. The molecule has 0 N–H and O–H groups in total. The second-order valence-electron chi connectivity index (χ2n) is 8.21. The van der Waals surface area contributed by atoms with Crippen molar-refractivity contribution in [1.29, 1.82) is 0 Å². The van der Waals surface area contributed by atoms with Crippen molar-refractivity contribution < 1.29 is 0 Å². The molecule has 5 aromatic carbocycles. The van der Waals surface area contributed by atoms with Crippen LogP contribution in [0.3, 0.4) is 0 Å². The molecule has 0 aliphatic heterocycles. The molecule has 2 aliphatic rings. The van der Waals surface area contributed by atoms with Crippen LogP contribution in [-0.4, -0.2) is 0 Å². The highest BCUT2D eigenvalue weighted by molar-refractivity contribution is 6.32.